The number of rotatable bonds is 4. The summed E-state index contributed by atoms with van der Waals surface area (Å²) in [6, 6.07) is 26.6. The highest BCUT2D eigenvalue weighted by Gasteiger charge is 2.26. The van der Waals surface area contributed by atoms with Gasteiger partial charge in [-0.2, -0.15) is 0 Å². The van der Waals surface area contributed by atoms with Crippen molar-refractivity contribution in [2.75, 3.05) is 4.90 Å². The van der Waals surface area contributed by atoms with Crippen LogP contribution in [0.1, 0.15) is 11.1 Å². The molecule has 5 heterocycles. The second-order valence-corrected chi connectivity index (χ2v) is 10.2. The average Bonchev–Trinajstić information content (AvgIpc) is 3.70. The topological polar surface area (TPSA) is 68.2 Å². The molecule has 182 valence electrons. The molecule has 0 spiro atoms. The van der Waals surface area contributed by atoms with Gasteiger partial charge in [-0.05, 0) is 60.4 Å². The Morgan fingerprint density at radius 1 is 0.842 bits per heavy atom. The molecule has 0 bridgehead atoms. The fraction of sp³-hybridized carbons (Fsp3) is 0.0645. The normalized spacial score (nSPS) is 12.5. The molecular weight excluding hydrogens is 492 g/mol. The lowest BCUT2D eigenvalue weighted by atomic mass is 9.88. The molecule has 1 aliphatic carbocycles. The smallest absolute Gasteiger partial charge is 0.299 e. The highest BCUT2D eigenvalue weighted by Crippen LogP contribution is 2.43. The first-order valence-corrected chi connectivity index (χ1v) is 13.3. The molecule has 0 atom stereocenters. The van der Waals surface area contributed by atoms with E-state index in [1.54, 1.807) is 23.8 Å². The van der Waals surface area contributed by atoms with Crippen molar-refractivity contribution in [1.82, 2.24) is 15.0 Å². The highest BCUT2D eigenvalue weighted by molar-refractivity contribution is 7.16. The van der Waals surface area contributed by atoms with Crippen molar-refractivity contribution >= 4 is 50.1 Å². The summed E-state index contributed by atoms with van der Waals surface area (Å²) in [6.45, 7) is 0. The predicted octanol–water partition coefficient (Wildman–Crippen LogP) is 8.33. The molecule has 0 radical (unpaired) electrons. The van der Waals surface area contributed by atoms with Crippen molar-refractivity contribution in [2.24, 2.45) is 0 Å². The van der Waals surface area contributed by atoms with Crippen molar-refractivity contribution in [3.8, 4) is 22.5 Å². The van der Waals surface area contributed by atoms with Gasteiger partial charge in [0.15, 0.2) is 0 Å². The molecule has 7 aromatic rings. The van der Waals surface area contributed by atoms with Crippen LogP contribution in [0.5, 0.6) is 0 Å². The van der Waals surface area contributed by atoms with Crippen molar-refractivity contribution in [3.05, 3.63) is 108 Å². The van der Waals surface area contributed by atoms with Crippen LogP contribution in [0.4, 0.5) is 17.4 Å². The molecule has 0 saturated carbocycles. The molecule has 0 fully saturated rings. The Kier molecular flexibility index (Phi) is 4.72. The van der Waals surface area contributed by atoms with Gasteiger partial charge in [0.2, 0.25) is 5.88 Å². The van der Waals surface area contributed by atoms with Gasteiger partial charge < -0.3 is 8.83 Å². The summed E-state index contributed by atoms with van der Waals surface area (Å²) < 4.78 is 13.3. The summed E-state index contributed by atoms with van der Waals surface area (Å²) in [5.41, 5.74) is 10.3. The minimum Gasteiger partial charge on any atom is -0.433 e. The zero-order valence-corrected chi connectivity index (χ0v) is 21.0. The largest absolute Gasteiger partial charge is 0.433 e. The fourth-order valence-corrected chi connectivity index (χ4v) is 6.01. The molecule has 0 aliphatic heterocycles. The van der Waals surface area contributed by atoms with Crippen LogP contribution < -0.4 is 4.90 Å². The molecule has 6 nitrogen and oxygen atoms in total. The summed E-state index contributed by atoms with van der Waals surface area (Å²) in [5.74, 6) is 1.85. The third kappa shape index (κ3) is 3.29. The van der Waals surface area contributed by atoms with Crippen LogP contribution in [0.25, 0.3) is 43.9 Å². The quantitative estimate of drug-likeness (QED) is 0.236. The Balaban J connectivity index is 1.32. The molecule has 38 heavy (non-hydrogen) atoms. The van der Waals surface area contributed by atoms with E-state index in [0.29, 0.717) is 11.7 Å². The second-order valence-electron chi connectivity index (χ2n) is 9.30. The average molecular weight is 513 g/mol. The zero-order chi connectivity index (χ0) is 25.1. The Morgan fingerprint density at radius 3 is 2.61 bits per heavy atom. The summed E-state index contributed by atoms with van der Waals surface area (Å²) >= 11 is 1.66. The van der Waals surface area contributed by atoms with Crippen LogP contribution in [-0.4, -0.2) is 15.0 Å². The molecule has 1 aliphatic rings. The number of para-hydroxylation sites is 1. The van der Waals surface area contributed by atoms with E-state index in [1.807, 2.05) is 52.9 Å². The van der Waals surface area contributed by atoms with E-state index in [2.05, 4.69) is 41.4 Å². The van der Waals surface area contributed by atoms with Gasteiger partial charge in [-0.1, -0.05) is 36.4 Å². The van der Waals surface area contributed by atoms with Gasteiger partial charge in [-0.25, -0.2) is 9.97 Å². The van der Waals surface area contributed by atoms with Gasteiger partial charge >= 0.3 is 0 Å². The number of furan rings is 2. The Morgan fingerprint density at radius 2 is 1.71 bits per heavy atom. The third-order valence-corrected chi connectivity index (χ3v) is 7.91. The number of nitrogens with zero attached hydrogens (tertiary/aromatic N) is 4. The number of fused-ring (bicyclic) bond motifs is 6. The first-order valence-electron chi connectivity index (χ1n) is 12.5. The van der Waals surface area contributed by atoms with E-state index in [0.717, 1.165) is 57.8 Å². The van der Waals surface area contributed by atoms with E-state index in [9.17, 15) is 0 Å². The molecule has 5 aromatic heterocycles. The molecule has 0 unspecified atom stereocenters. The molecule has 7 heteroatoms. The zero-order valence-electron chi connectivity index (χ0n) is 20.2. The summed E-state index contributed by atoms with van der Waals surface area (Å²) in [4.78, 5) is 16.5. The lowest BCUT2D eigenvalue weighted by Gasteiger charge is -2.25. The summed E-state index contributed by atoms with van der Waals surface area (Å²) in [6.07, 6.45) is 5.42. The Bertz CT molecular complexity index is 1940. The minimum atomic E-state index is 0.453. The molecule has 0 saturated heterocycles. The number of hydrogen-bond donors (Lipinski definition) is 0. The van der Waals surface area contributed by atoms with Crippen LogP contribution in [-0.2, 0) is 12.8 Å². The molecule has 8 rings (SSSR count). The fourth-order valence-electron chi connectivity index (χ4n) is 5.33. The van der Waals surface area contributed by atoms with E-state index in [-0.39, 0.29) is 0 Å². The van der Waals surface area contributed by atoms with Crippen molar-refractivity contribution in [3.63, 3.8) is 0 Å². The van der Waals surface area contributed by atoms with Gasteiger partial charge in [0.05, 0.1) is 43.8 Å². The number of hydrogen-bond acceptors (Lipinski definition) is 7. The molecule has 2 aromatic carbocycles. The van der Waals surface area contributed by atoms with Crippen molar-refractivity contribution < 1.29 is 8.83 Å². The van der Waals surface area contributed by atoms with Crippen LogP contribution in [0, 0.1) is 0 Å². The van der Waals surface area contributed by atoms with E-state index < -0.39 is 0 Å². The van der Waals surface area contributed by atoms with Gasteiger partial charge in [-0.15, -0.1) is 11.3 Å². The maximum absolute atomic E-state index is 6.29. The first-order chi connectivity index (χ1) is 18.8. The number of aromatic nitrogens is 3. The maximum Gasteiger partial charge on any atom is 0.299 e. The van der Waals surface area contributed by atoms with Gasteiger partial charge in [-0.3, -0.25) is 9.88 Å². The van der Waals surface area contributed by atoms with E-state index in [1.165, 1.54) is 15.8 Å². The lowest BCUT2D eigenvalue weighted by molar-refractivity contribution is 0.482. The predicted molar refractivity (Wildman–Crippen MR) is 150 cm³/mol. The summed E-state index contributed by atoms with van der Waals surface area (Å²) in [7, 11) is 0. The van der Waals surface area contributed by atoms with E-state index >= 15 is 0 Å². The highest BCUT2D eigenvalue weighted by atomic mass is 32.1. The third-order valence-electron chi connectivity index (χ3n) is 7.12. The van der Waals surface area contributed by atoms with Crippen molar-refractivity contribution in [1.29, 1.82) is 0 Å². The second kappa shape index (κ2) is 8.39. The Hall–Kier alpha value is -4.75. The van der Waals surface area contributed by atoms with Crippen LogP contribution >= 0.6 is 11.3 Å². The number of benzene rings is 2. The van der Waals surface area contributed by atoms with Crippen LogP contribution in [0.3, 0.4) is 0 Å². The molecular formula is C31H20N4O2S. The van der Waals surface area contributed by atoms with Crippen LogP contribution in [0.2, 0.25) is 0 Å². The number of aryl methyl sites for hydroxylation is 2. The van der Waals surface area contributed by atoms with Gasteiger partial charge in [0.25, 0.3) is 5.78 Å². The Labute approximate surface area is 221 Å². The number of thiazole rings is 1. The standard InChI is InChI=1S/C31H20N4O2S/c1-2-6-21(7-3-1)35(27-16-22-23(17-36-31(22)37-27)24-8-4-5-15-32-24)26-14-12-20-10-9-19-11-13-25-30(33-18-38-25)28(19)29(20)34-26/h1-8,11-18H,9-10H2. The van der Waals surface area contributed by atoms with E-state index in [4.69, 9.17) is 18.8 Å². The van der Waals surface area contributed by atoms with Crippen LogP contribution in [0.15, 0.2) is 106 Å². The summed E-state index contributed by atoms with van der Waals surface area (Å²) in [5, 5.41) is 0.868. The van der Waals surface area contributed by atoms with Crippen molar-refractivity contribution in [2.45, 2.75) is 12.8 Å². The van der Waals surface area contributed by atoms with Gasteiger partial charge in [0.1, 0.15) is 12.1 Å². The maximum atomic E-state index is 6.29. The molecule has 0 N–H and O–H groups in total. The number of anilines is 3. The monoisotopic (exact) mass is 512 g/mol. The minimum absolute atomic E-state index is 0.453. The SMILES string of the molecule is c1ccc(N(c2ccc3c(n2)-c2c(ccc4scnc24)CC3)c2cc3c(-c4ccccn4)coc3o2)cc1. The molecule has 0 amide bonds. The lowest BCUT2D eigenvalue weighted by Crippen LogP contribution is -2.13. The number of pyridine rings is 2. The van der Waals surface area contributed by atoms with Gasteiger partial charge in [0, 0.05) is 17.8 Å². The first kappa shape index (κ1) is 21.3.